The summed E-state index contributed by atoms with van der Waals surface area (Å²) < 4.78 is 20.6. The maximum atomic E-state index is 13.2. The van der Waals surface area contributed by atoms with E-state index in [0.29, 0.717) is 13.2 Å². The van der Waals surface area contributed by atoms with Crippen molar-refractivity contribution in [1.82, 2.24) is 20.4 Å². The summed E-state index contributed by atoms with van der Waals surface area (Å²) >= 11 is 0. The molecule has 1 aliphatic heterocycles. The number of rotatable bonds is 5. The molecule has 1 aromatic heterocycles. The van der Waals surface area contributed by atoms with Gasteiger partial charge in [0.25, 0.3) is 0 Å². The molecule has 128 valence electrons. The number of hydrogen-bond donors (Lipinski definition) is 2. The summed E-state index contributed by atoms with van der Waals surface area (Å²) in [6.45, 7) is 1.07. The van der Waals surface area contributed by atoms with Gasteiger partial charge in [-0.15, -0.1) is 0 Å². The van der Waals surface area contributed by atoms with Crippen LogP contribution in [0.25, 0.3) is 0 Å². The first kappa shape index (κ1) is 16.4. The first-order chi connectivity index (χ1) is 11.6. The van der Waals surface area contributed by atoms with Gasteiger partial charge in [0, 0.05) is 32.0 Å². The van der Waals surface area contributed by atoms with Crippen LogP contribution in [0.1, 0.15) is 30.0 Å². The van der Waals surface area contributed by atoms with Crippen molar-refractivity contribution in [2.45, 2.75) is 31.5 Å². The van der Waals surface area contributed by atoms with Crippen LogP contribution in [0, 0.1) is 5.82 Å². The molecule has 2 aromatic rings. The molecule has 0 radical (unpaired) electrons. The lowest BCUT2D eigenvalue weighted by molar-refractivity contribution is 0.0807. The minimum absolute atomic E-state index is 0.0976. The molecule has 2 unspecified atom stereocenters. The number of urea groups is 1. The molecule has 1 aliphatic rings. The van der Waals surface area contributed by atoms with Gasteiger partial charge >= 0.3 is 6.03 Å². The van der Waals surface area contributed by atoms with Crippen LogP contribution in [-0.4, -0.2) is 28.5 Å². The maximum Gasteiger partial charge on any atom is 0.315 e. The predicted octanol–water partition coefficient (Wildman–Crippen LogP) is 2.28. The molecule has 1 saturated heterocycles. The van der Waals surface area contributed by atoms with E-state index in [1.54, 1.807) is 23.0 Å². The number of aryl methyl sites for hydroxylation is 1. The van der Waals surface area contributed by atoms with E-state index >= 15 is 0 Å². The standard InChI is InChI=1S/C17H21FN4O2/c1-22-11-12(10-20-22)9-19-17(23)21-16(15-3-2-8-24-15)13-4-6-14(18)7-5-13/h4-7,10-11,15-16H,2-3,8-9H2,1H3,(H2,19,21,23). The summed E-state index contributed by atoms with van der Waals surface area (Å²) in [6, 6.07) is 5.57. The van der Waals surface area contributed by atoms with Gasteiger partial charge in [0.2, 0.25) is 0 Å². The van der Waals surface area contributed by atoms with Gasteiger partial charge in [0.15, 0.2) is 0 Å². The molecule has 7 heteroatoms. The Morgan fingerprint density at radius 3 is 2.88 bits per heavy atom. The van der Waals surface area contributed by atoms with Crippen molar-refractivity contribution in [2.24, 2.45) is 7.05 Å². The molecule has 2 atom stereocenters. The first-order valence-corrected chi connectivity index (χ1v) is 8.01. The van der Waals surface area contributed by atoms with Crippen LogP contribution >= 0.6 is 0 Å². The fourth-order valence-electron chi connectivity index (χ4n) is 2.86. The highest BCUT2D eigenvalue weighted by Crippen LogP contribution is 2.27. The molecule has 0 spiro atoms. The first-order valence-electron chi connectivity index (χ1n) is 8.01. The van der Waals surface area contributed by atoms with E-state index in [1.807, 2.05) is 13.2 Å². The number of amides is 2. The van der Waals surface area contributed by atoms with Crippen molar-refractivity contribution in [2.75, 3.05) is 6.61 Å². The molecule has 2 amide bonds. The number of aromatic nitrogens is 2. The van der Waals surface area contributed by atoms with Crippen LogP contribution in [0.5, 0.6) is 0 Å². The second kappa shape index (κ2) is 7.44. The van der Waals surface area contributed by atoms with Crippen LogP contribution in [0.4, 0.5) is 9.18 Å². The predicted molar refractivity (Wildman–Crippen MR) is 86.7 cm³/mol. The summed E-state index contributed by atoms with van der Waals surface area (Å²) in [5.74, 6) is -0.300. The third-order valence-corrected chi connectivity index (χ3v) is 4.06. The minimum atomic E-state index is -0.304. The van der Waals surface area contributed by atoms with Gasteiger partial charge in [0.1, 0.15) is 5.82 Å². The number of benzene rings is 1. The lowest BCUT2D eigenvalue weighted by Crippen LogP contribution is -2.41. The SMILES string of the molecule is Cn1cc(CNC(=O)NC(c2ccc(F)cc2)C2CCCO2)cn1. The van der Waals surface area contributed by atoms with Gasteiger partial charge in [0.05, 0.1) is 18.3 Å². The molecule has 6 nitrogen and oxygen atoms in total. The van der Waals surface area contributed by atoms with E-state index in [2.05, 4.69) is 15.7 Å². The van der Waals surface area contributed by atoms with Crippen molar-refractivity contribution in [3.63, 3.8) is 0 Å². The smallest absolute Gasteiger partial charge is 0.315 e. The molecule has 2 N–H and O–H groups in total. The van der Waals surface area contributed by atoms with Gasteiger partial charge in [-0.2, -0.15) is 5.10 Å². The third-order valence-electron chi connectivity index (χ3n) is 4.06. The highest BCUT2D eigenvalue weighted by molar-refractivity contribution is 5.74. The molecule has 0 saturated carbocycles. The summed E-state index contributed by atoms with van der Waals surface area (Å²) in [6.07, 6.45) is 5.28. The Hall–Kier alpha value is -2.41. The van der Waals surface area contributed by atoms with Gasteiger partial charge in [-0.1, -0.05) is 12.1 Å². The zero-order valence-electron chi connectivity index (χ0n) is 13.5. The molecule has 3 rings (SSSR count). The molecule has 1 fully saturated rings. The third kappa shape index (κ3) is 4.11. The maximum absolute atomic E-state index is 13.2. The van der Waals surface area contributed by atoms with Gasteiger partial charge in [-0.25, -0.2) is 9.18 Å². The molecule has 0 aliphatic carbocycles. The Morgan fingerprint density at radius 2 is 2.25 bits per heavy atom. The summed E-state index contributed by atoms with van der Waals surface area (Å²) in [7, 11) is 1.82. The Labute approximate surface area is 140 Å². The second-order valence-electron chi connectivity index (χ2n) is 5.93. The van der Waals surface area contributed by atoms with Crippen LogP contribution in [0.3, 0.4) is 0 Å². The lowest BCUT2D eigenvalue weighted by Gasteiger charge is -2.25. The zero-order chi connectivity index (χ0) is 16.9. The lowest BCUT2D eigenvalue weighted by atomic mass is 9.99. The van der Waals surface area contributed by atoms with E-state index in [0.717, 1.165) is 24.0 Å². The quantitative estimate of drug-likeness (QED) is 0.883. The number of carbonyl (C=O) groups is 1. The summed E-state index contributed by atoms with van der Waals surface area (Å²) in [5.41, 5.74) is 1.75. The number of carbonyl (C=O) groups excluding carboxylic acids is 1. The summed E-state index contributed by atoms with van der Waals surface area (Å²) in [4.78, 5) is 12.3. The van der Waals surface area contributed by atoms with E-state index in [4.69, 9.17) is 4.74 Å². The second-order valence-corrected chi connectivity index (χ2v) is 5.93. The molecular weight excluding hydrogens is 311 g/mol. The highest BCUT2D eigenvalue weighted by Gasteiger charge is 2.28. The zero-order valence-corrected chi connectivity index (χ0v) is 13.5. The van der Waals surface area contributed by atoms with E-state index in [-0.39, 0.29) is 24.0 Å². The van der Waals surface area contributed by atoms with Crippen LogP contribution in [0.2, 0.25) is 0 Å². The van der Waals surface area contributed by atoms with Crippen molar-refractivity contribution in [3.8, 4) is 0 Å². The van der Waals surface area contributed by atoms with Crippen LogP contribution in [0.15, 0.2) is 36.7 Å². The summed E-state index contributed by atoms with van der Waals surface area (Å²) in [5, 5.41) is 9.83. The molecule has 2 heterocycles. The average molecular weight is 332 g/mol. The molecule has 24 heavy (non-hydrogen) atoms. The van der Waals surface area contributed by atoms with Gasteiger partial charge < -0.3 is 15.4 Å². The van der Waals surface area contributed by atoms with Crippen LogP contribution < -0.4 is 10.6 Å². The highest BCUT2D eigenvalue weighted by atomic mass is 19.1. The Bertz CT molecular complexity index is 680. The molecule has 1 aromatic carbocycles. The van der Waals surface area contributed by atoms with E-state index in [1.165, 1.54) is 12.1 Å². The van der Waals surface area contributed by atoms with Crippen LogP contribution in [-0.2, 0) is 18.3 Å². The minimum Gasteiger partial charge on any atom is -0.376 e. The number of ether oxygens (including phenoxy) is 1. The monoisotopic (exact) mass is 332 g/mol. The van der Waals surface area contributed by atoms with E-state index in [9.17, 15) is 9.18 Å². The Balaban J connectivity index is 1.64. The number of nitrogens with one attached hydrogen (secondary N) is 2. The van der Waals surface area contributed by atoms with E-state index < -0.39 is 0 Å². The Kier molecular flexibility index (Phi) is 5.10. The number of nitrogens with zero attached hydrogens (tertiary/aromatic N) is 2. The van der Waals surface area contributed by atoms with Gasteiger partial charge in [-0.3, -0.25) is 4.68 Å². The van der Waals surface area contributed by atoms with Crippen molar-refractivity contribution in [3.05, 3.63) is 53.6 Å². The number of halogens is 1. The largest absolute Gasteiger partial charge is 0.376 e. The van der Waals surface area contributed by atoms with Gasteiger partial charge in [-0.05, 0) is 30.5 Å². The topological polar surface area (TPSA) is 68.2 Å². The Morgan fingerprint density at radius 1 is 1.46 bits per heavy atom. The van der Waals surface area contributed by atoms with Crippen molar-refractivity contribution < 1.29 is 13.9 Å². The fourth-order valence-corrected chi connectivity index (χ4v) is 2.86. The van der Waals surface area contributed by atoms with Crippen molar-refractivity contribution in [1.29, 1.82) is 0 Å². The fraction of sp³-hybridized carbons (Fsp3) is 0.412. The molecular formula is C17H21FN4O2. The average Bonchev–Trinajstić information content (AvgIpc) is 3.23. The molecule has 0 bridgehead atoms. The number of hydrogen-bond acceptors (Lipinski definition) is 3. The van der Waals surface area contributed by atoms with Crippen molar-refractivity contribution >= 4 is 6.03 Å². The normalized spacial score (nSPS) is 18.3.